The Morgan fingerprint density at radius 2 is 1.68 bits per heavy atom. The number of benzene rings is 1. The highest BCUT2D eigenvalue weighted by molar-refractivity contribution is 7.13. The van der Waals surface area contributed by atoms with Crippen molar-refractivity contribution in [3.05, 3.63) is 98.6 Å². The number of pyridine rings is 2. The number of thiazole rings is 1. The minimum Gasteiger partial charge on any atom is -0.391 e. The Bertz CT molecular complexity index is 2960. The average Bonchev–Trinajstić information content (AvgIpc) is 4.14. The van der Waals surface area contributed by atoms with Gasteiger partial charge >= 0.3 is 0 Å². The van der Waals surface area contributed by atoms with Gasteiger partial charge in [-0.2, -0.15) is 0 Å². The van der Waals surface area contributed by atoms with Gasteiger partial charge in [0.05, 0.1) is 46.1 Å². The first-order valence-electron chi connectivity index (χ1n) is 24.9. The van der Waals surface area contributed by atoms with Gasteiger partial charge in [-0.3, -0.25) is 38.3 Å². The largest absolute Gasteiger partial charge is 0.391 e. The number of carbonyl (C=O) groups excluding carboxylic acids is 5. The third-order valence-electron chi connectivity index (χ3n) is 14.0. The number of aliphatic hydroxyl groups is 1. The second kappa shape index (κ2) is 22.3. The van der Waals surface area contributed by atoms with Gasteiger partial charge in [-0.1, -0.05) is 63.8 Å². The number of carbonyl (C=O) groups is 5. The maximum atomic E-state index is 14.0. The molecule has 0 unspecified atom stereocenters. The van der Waals surface area contributed by atoms with Crippen LogP contribution in [0.1, 0.15) is 124 Å². The van der Waals surface area contributed by atoms with Crippen molar-refractivity contribution >= 4 is 57.5 Å². The Hall–Kier alpha value is -6.84. The maximum absolute atomic E-state index is 14.0. The van der Waals surface area contributed by atoms with Crippen LogP contribution in [0, 0.1) is 31.1 Å². The number of Topliss-reactive ketones (excluding diaryl/α,β-unsaturated/α-hetero) is 1. The Labute approximate surface area is 423 Å². The highest BCUT2D eigenvalue weighted by atomic mass is 32.1. The number of ketones is 1. The number of hydrogen-bond acceptors (Lipinski definition) is 13. The number of likely N-dealkylation sites (tertiary alicyclic amines) is 1. The lowest BCUT2D eigenvalue weighted by Crippen LogP contribution is -2.57. The van der Waals surface area contributed by atoms with Crippen molar-refractivity contribution in [3.63, 3.8) is 0 Å². The lowest BCUT2D eigenvalue weighted by molar-refractivity contribution is -0.143. The summed E-state index contributed by atoms with van der Waals surface area (Å²) < 4.78 is 1.72. The monoisotopic (exact) mass is 996 g/mol. The second-order valence-electron chi connectivity index (χ2n) is 20.3. The van der Waals surface area contributed by atoms with E-state index >= 15 is 0 Å². The molecule has 6 heterocycles. The minimum absolute atomic E-state index is 0.00133. The van der Waals surface area contributed by atoms with Gasteiger partial charge in [0.1, 0.15) is 23.6 Å². The van der Waals surface area contributed by atoms with Crippen LogP contribution in [-0.2, 0) is 32.1 Å². The first-order chi connectivity index (χ1) is 34.5. The van der Waals surface area contributed by atoms with Crippen molar-refractivity contribution in [1.29, 1.82) is 0 Å². The van der Waals surface area contributed by atoms with Crippen LogP contribution in [0.3, 0.4) is 0 Å². The summed E-state index contributed by atoms with van der Waals surface area (Å²) in [5.41, 5.74) is 6.77. The highest BCUT2D eigenvalue weighted by Crippen LogP contribution is 2.33. The number of amides is 4. The Morgan fingerprint density at radius 1 is 0.944 bits per heavy atom. The van der Waals surface area contributed by atoms with Gasteiger partial charge in [-0.15, -0.1) is 11.3 Å². The molecule has 3 N–H and O–H groups in total. The fourth-order valence-corrected chi connectivity index (χ4v) is 10.8. The number of anilines is 1. The molecule has 72 heavy (non-hydrogen) atoms. The highest BCUT2D eigenvalue weighted by Gasteiger charge is 2.44. The van der Waals surface area contributed by atoms with E-state index in [1.165, 1.54) is 11.8 Å². The third kappa shape index (κ3) is 11.7. The molecule has 378 valence electrons. The first kappa shape index (κ1) is 51.5. The number of rotatable bonds is 14. The van der Waals surface area contributed by atoms with E-state index in [0.717, 1.165) is 58.8 Å². The molecule has 8 rings (SSSR count). The molecule has 1 aromatic carbocycles. The van der Waals surface area contributed by atoms with Crippen LogP contribution < -0.4 is 21.1 Å². The number of aliphatic hydroxyl groups excluding tert-OH is 1. The lowest BCUT2D eigenvalue weighted by atomic mass is 9.85. The van der Waals surface area contributed by atoms with E-state index in [1.807, 2.05) is 80.7 Å². The van der Waals surface area contributed by atoms with Gasteiger partial charge in [0.2, 0.25) is 17.7 Å². The van der Waals surface area contributed by atoms with Gasteiger partial charge in [0.15, 0.2) is 5.78 Å². The summed E-state index contributed by atoms with van der Waals surface area (Å²) in [5.74, 6) is 4.24. The van der Waals surface area contributed by atoms with Crippen molar-refractivity contribution in [2.24, 2.45) is 5.41 Å². The molecule has 0 spiro atoms. The van der Waals surface area contributed by atoms with Crippen LogP contribution >= 0.6 is 11.3 Å². The number of unbranched alkanes of at least 4 members (excludes halogenated alkanes) is 1. The Kier molecular flexibility index (Phi) is 15.9. The summed E-state index contributed by atoms with van der Waals surface area (Å²) in [6.45, 7) is 13.2. The van der Waals surface area contributed by atoms with Gasteiger partial charge in [0.25, 0.3) is 11.5 Å². The van der Waals surface area contributed by atoms with Crippen LogP contribution in [0.25, 0.3) is 21.5 Å². The van der Waals surface area contributed by atoms with Crippen molar-refractivity contribution in [1.82, 2.24) is 44.9 Å². The quantitative estimate of drug-likeness (QED) is 0.0719. The molecule has 0 bridgehead atoms. The van der Waals surface area contributed by atoms with Gasteiger partial charge in [-0.25, -0.2) is 15.0 Å². The van der Waals surface area contributed by atoms with E-state index in [-0.39, 0.29) is 60.7 Å². The molecule has 2 aliphatic heterocycles. The molecule has 4 aromatic heterocycles. The molecular formula is C54H64N10O7S. The molecule has 18 heteroatoms. The summed E-state index contributed by atoms with van der Waals surface area (Å²) in [6, 6.07) is 9.88. The molecule has 17 nitrogen and oxygen atoms in total. The van der Waals surface area contributed by atoms with E-state index in [1.54, 1.807) is 29.0 Å². The SMILES string of the molecule is CC(=O)c1c(C)c2cnc(Cc3ccc(N4CCN(C(=O)CCCC#CC(=O)N[C@H](C(=O)N5C[C@H](O)C[C@H]5C(=O)NCc5ccc(-c6scnc6C)cc5)C(C)(C)C)CC4)cn3)nc2n(C2CCCC2)c1=O. The molecule has 4 amide bonds. The maximum Gasteiger partial charge on any atom is 0.296 e. The summed E-state index contributed by atoms with van der Waals surface area (Å²) in [5, 5.41) is 17.0. The molecule has 2 saturated heterocycles. The molecule has 0 radical (unpaired) electrons. The zero-order valence-corrected chi connectivity index (χ0v) is 42.8. The zero-order chi connectivity index (χ0) is 51.3. The lowest BCUT2D eigenvalue weighted by Gasteiger charge is -2.36. The fourth-order valence-electron chi connectivity index (χ4n) is 10.0. The van der Waals surface area contributed by atoms with Crippen LogP contribution in [0.2, 0.25) is 0 Å². The van der Waals surface area contributed by atoms with Crippen molar-refractivity contribution < 1.29 is 29.1 Å². The number of nitrogens with one attached hydrogen (secondary N) is 2. The summed E-state index contributed by atoms with van der Waals surface area (Å²) in [7, 11) is 0. The third-order valence-corrected chi connectivity index (χ3v) is 15.0. The fraction of sp³-hybridized carbons (Fsp3) is 0.481. The summed E-state index contributed by atoms with van der Waals surface area (Å²) in [6.07, 6.45) is 7.95. The number of piperazine rings is 1. The topological polar surface area (TPSA) is 213 Å². The zero-order valence-electron chi connectivity index (χ0n) is 42.0. The molecule has 1 aliphatic carbocycles. The number of hydrogen-bond donors (Lipinski definition) is 3. The van der Waals surface area contributed by atoms with E-state index in [4.69, 9.17) is 9.97 Å². The number of aromatic nitrogens is 5. The van der Waals surface area contributed by atoms with Gasteiger partial charge in [-0.05, 0) is 80.2 Å². The minimum atomic E-state index is -1.01. The first-order valence-corrected chi connectivity index (χ1v) is 25.8. The molecular weight excluding hydrogens is 933 g/mol. The number of nitrogens with zero attached hydrogens (tertiary/aromatic N) is 8. The smallest absolute Gasteiger partial charge is 0.296 e. The second-order valence-corrected chi connectivity index (χ2v) is 21.1. The molecule has 5 aromatic rings. The number of aryl methyl sites for hydroxylation is 2. The van der Waals surface area contributed by atoms with E-state index in [9.17, 15) is 33.9 Å². The Morgan fingerprint density at radius 3 is 2.33 bits per heavy atom. The number of β-amino-alcohol motifs (C(OH)–C–C–N with tert-alkyl or cyclic N) is 1. The summed E-state index contributed by atoms with van der Waals surface area (Å²) in [4.78, 5) is 105. The molecule has 3 aliphatic rings. The Balaban J connectivity index is 0.782. The van der Waals surface area contributed by atoms with Crippen LogP contribution in [0.15, 0.2) is 59.1 Å². The molecule has 1 saturated carbocycles. The van der Waals surface area contributed by atoms with Crippen LogP contribution in [0.4, 0.5) is 5.69 Å². The standard InChI is InChI=1S/C54H64N10O7S/c1-33-42-30-56-44(59-50(42)64(39-12-10-11-13-39)52(70)47(33)35(3)65)26-38-20-21-40(29-55-38)61-22-24-62(25-23-61)46(68)15-9-7-8-14-45(67)60-49(54(4,5)6)53(71)63-31-41(66)27-43(63)51(69)57-28-36-16-18-37(19-17-36)48-34(2)58-32-72-48/h16-21,29-30,32,39,41,43,49,66H,7,9-13,15,22-28,31H2,1-6H3,(H,57,69)(H,60,67)/t41-,43+,49-/m1/s1. The molecule has 3 fully saturated rings. The average molecular weight is 997 g/mol. The van der Waals surface area contributed by atoms with Crippen molar-refractivity contribution in [2.45, 2.75) is 130 Å². The van der Waals surface area contributed by atoms with Crippen molar-refractivity contribution in [2.75, 3.05) is 37.6 Å². The van der Waals surface area contributed by atoms with Gasteiger partial charge < -0.3 is 30.4 Å². The van der Waals surface area contributed by atoms with E-state index in [0.29, 0.717) is 67.9 Å². The van der Waals surface area contributed by atoms with Crippen molar-refractivity contribution in [3.8, 4) is 22.3 Å². The van der Waals surface area contributed by atoms with E-state index < -0.39 is 35.4 Å². The molecule has 3 atom stereocenters. The number of fused-ring (bicyclic) bond motifs is 1. The van der Waals surface area contributed by atoms with Gasteiger partial charge in [0, 0.05) is 81.8 Å². The van der Waals surface area contributed by atoms with Crippen LogP contribution in [0.5, 0.6) is 0 Å². The predicted molar refractivity (Wildman–Crippen MR) is 275 cm³/mol. The normalized spacial score (nSPS) is 17.7. The predicted octanol–water partition coefficient (Wildman–Crippen LogP) is 5.47. The van der Waals surface area contributed by atoms with Crippen LogP contribution in [-0.4, -0.2) is 120 Å². The summed E-state index contributed by atoms with van der Waals surface area (Å²) >= 11 is 1.57. The van der Waals surface area contributed by atoms with E-state index in [2.05, 4.69) is 37.3 Å².